The molecular formula is C16H5F3O6. The Labute approximate surface area is 133 Å². The summed E-state index contributed by atoms with van der Waals surface area (Å²) in [6, 6.07) is 1.61. The van der Waals surface area contributed by atoms with E-state index in [4.69, 9.17) is 0 Å². The lowest BCUT2D eigenvalue weighted by Crippen LogP contribution is -2.09. The Hall–Kier alpha value is -3.23. The first-order chi connectivity index (χ1) is 11.6. The zero-order valence-electron chi connectivity index (χ0n) is 12.2. The molecule has 0 N–H and O–H groups in total. The topological polar surface area (TPSA) is 94.6 Å². The first kappa shape index (κ1) is 15.3. The molecule has 0 amide bonds. The summed E-state index contributed by atoms with van der Waals surface area (Å²) in [4.78, 5) is 47.3. The van der Waals surface area contributed by atoms with Gasteiger partial charge >= 0.3 is 28.7 Å². The summed E-state index contributed by atoms with van der Waals surface area (Å²) in [6.07, 6.45) is -4.95. The highest BCUT2D eigenvalue weighted by Gasteiger charge is 2.36. The van der Waals surface area contributed by atoms with Crippen molar-refractivity contribution < 1.29 is 22.0 Å². The van der Waals surface area contributed by atoms with Gasteiger partial charge in [0, 0.05) is 10.8 Å². The Kier molecular flexibility index (Phi) is 2.72. The molecule has 25 heavy (non-hydrogen) atoms. The molecule has 0 unspecified atom stereocenters. The predicted octanol–water partition coefficient (Wildman–Crippen LogP) is 1.98. The quantitative estimate of drug-likeness (QED) is 0.481. The summed E-state index contributed by atoms with van der Waals surface area (Å²) in [5, 5.41) is -2.70. The minimum Gasteiger partial charge on any atom is -0.386 e. The van der Waals surface area contributed by atoms with Gasteiger partial charge < -0.3 is 8.83 Å². The minimum absolute atomic E-state index is 0.106. The van der Waals surface area contributed by atoms with Crippen molar-refractivity contribution in [1.29, 1.82) is 0 Å². The molecule has 9 heteroatoms. The first-order valence-electron chi connectivity index (χ1n) is 6.85. The van der Waals surface area contributed by atoms with Crippen molar-refractivity contribution in [3.63, 3.8) is 0 Å². The molecule has 2 aromatic carbocycles. The van der Waals surface area contributed by atoms with Gasteiger partial charge in [-0.1, -0.05) is 0 Å². The SMILES string of the molecule is Cc1cc2c(=O)oc(=O)c2c2c(C(F)(F)F)cc3c(=O)oc(=O)c3c12. The van der Waals surface area contributed by atoms with E-state index in [1.165, 1.54) is 6.92 Å². The van der Waals surface area contributed by atoms with E-state index >= 15 is 0 Å². The van der Waals surface area contributed by atoms with Crippen LogP contribution in [0.25, 0.3) is 32.3 Å². The summed E-state index contributed by atoms with van der Waals surface area (Å²) in [6.45, 7) is 1.36. The number of aryl methyl sites for hydroxylation is 1. The number of hydrogen-bond acceptors (Lipinski definition) is 6. The Morgan fingerprint density at radius 1 is 0.720 bits per heavy atom. The molecule has 6 nitrogen and oxygen atoms in total. The fraction of sp³-hybridized carbons (Fsp3) is 0.125. The van der Waals surface area contributed by atoms with Gasteiger partial charge in [-0.15, -0.1) is 0 Å². The van der Waals surface area contributed by atoms with Gasteiger partial charge in [0.05, 0.1) is 27.1 Å². The molecule has 0 fully saturated rings. The molecule has 0 aliphatic carbocycles. The van der Waals surface area contributed by atoms with Crippen LogP contribution in [0.1, 0.15) is 11.1 Å². The van der Waals surface area contributed by atoms with E-state index < -0.39 is 50.4 Å². The summed E-state index contributed by atoms with van der Waals surface area (Å²) in [5.74, 6) is 0. The number of halogens is 3. The lowest BCUT2D eigenvalue weighted by atomic mass is 9.92. The fourth-order valence-electron chi connectivity index (χ4n) is 3.18. The van der Waals surface area contributed by atoms with Gasteiger partial charge in [-0.3, -0.25) is 0 Å². The van der Waals surface area contributed by atoms with Crippen molar-refractivity contribution >= 4 is 32.3 Å². The second-order valence-corrected chi connectivity index (χ2v) is 5.56. The van der Waals surface area contributed by atoms with E-state index in [1.807, 2.05) is 0 Å². The summed E-state index contributed by atoms with van der Waals surface area (Å²) in [7, 11) is 0. The zero-order valence-corrected chi connectivity index (χ0v) is 12.2. The molecule has 4 aromatic rings. The van der Waals surface area contributed by atoms with E-state index in [2.05, 4.69) is 8.83 Å². The number of alkyl halides is 3. The van der Waals surface area contributed by atoms with Crippen LogP contribution < -0.4 is 22.5 Å². The third kappa shape index (κ3) is 1.86. The molecular weight excluding hydrogens is 345 g/mol. The van der Waals surface area contributed by atoms with Crippen LogP contribution in [0.2, 0.25) is 0 Å². The zero-order chi connectivity index (χ0) is 18.3. The van der Waals surface area contributed by atoms with Gasteiger partial charge in [0.15, 0.2) is 0 Å². The van der Waals surface area contributed by atoms with Crippen LogP contribution in [0.15, 0.2) is 40.1 Å². The van der Waals surface area contributed by atoms with Gasteiger partial charge in [0.1, 0.15) is 0 Å². The van der Waals surface area contributed by atoms with E-state index in [-0.39, 0.29) is 21.7 Å². The van der Waals surface area contributed by atoms with E-state index in [0.717, 1.165) is 6.07 Å². The van der Waals surface area contributed by atoms with E-state index in [1.54, 1.807) is 0 Å². The Morgan fingerprint density at radius 2 is 1.20 bits per heavy atom. The second-order valence-electron chi connectivity index (χ2n) is 5.56. The lowest BCUT2D eigenvalue weighted by molar-refractivity contribution is -0.136. The van der Waals surface area contributed by atoms with Gasteiger partial charge in [-0.25, -0.2) is 19.2 Å². The van der Waals surface area contributed by atoms with E-state index in [9.17, 15) is 32.3 Å². The van der Waals surface area contributed by atoms with Gasteiger partial charge in [-0.2, -0.15) is 13.2 Å². The third-order valence-corrected chi connectivity index (χ3v) is 4.13. The highest BCUT2D eigenvalue weighted by atomic mass is 19.4. The average molecular weight is 350 g/mol. The van der Waals surface area contributed by atoms with Crippen molar-refractivity contribution in [2.45, 2.75) is 13.1 Å². The molecule has 4 rings (SSSR count). The molecule has 0 saturated carbocycles. The maximum atomic E-state index is 13.6. The maximum Gasteiger partial charge on any atom is 0.417 e. The number of benzene rings is 2. The van der Waals surface area contributed by atoms with Crippen LogP contribution >= 0.6 is 0 Å². The molecule has 126 valence electrons. The molecule has 0 saturated heterocycles. The molecule has 0 spiro atoms. The van der Waals surface area contributed by atoms with Crippen molar-refractivity contribution in [2.24, 2.45) is 0 Å². The predicted molar refractivity (Wildman–Crippen MR) is 80.7 cm³/mol. The van der Waals surface area contributed by atoms with Crippen molar-refractivity contribution in [1.82, 2.24) is 0 Å². The van der Waals surface area contributed by atoms with Crippen LogP contribution in [-0.2, 0) is 6.18 Å². The molecule has 0 bridgehead atoms. The molecule has 0 aliphatic heterocycles. The number of furan rings is 2. The Balaban J connectivity index is 2.55. The highest BCUT2D eigenvalue weighted by molar-refractivity contribution is 6.19. The fourth-order valence-corrected chi connectivity index (χ4v) is 3.18. The molecule has 2 heterocycles. The molecule has 0 radical (unpaired) electrons. The van der Waals surface area contributed by atoms with Crippen LogP contribution in [0.3, 0.4) is 0 Å². The van der Waals surface area contributed by atoms with Crippen LogP contribution in [-0.4, -0.2) is 0 Å². The lowest BCUT2D eigenvalue weighted by Gasteiger charge is -2.12. The van der Waals surface area contributed by atoms with Gasteiger partial charge in [0.25, 0.3) is 0 Å². The van der Waals surface area contributed by atoms with Gasteiger partial charge in [-0.05, 0) is 24.6 Å². The normalized spacial score (nSPS) is 12.6. The Morgan fingerprint density at radius 3 is 1.72 bits per heavy atom. The van der Waals surface area contributed by atoms with Crippen LogP contribution in [0, 0.1) is 6.92 Å². The second kappa shape index (κ2) is 4.44. The largest absolute Gasteiger partial charge is 0.417 e. The number of rotatable bonds is 0. The smallest absolute Gasteiger partial charge is 0.386 e. The summed E-state index contributed by atoms with van der Waals surface area (Å²) >= 11 is 0. The van der Waals surface area contributed by atoms with Crippen molar-refractivity contribution in [3.8, 4) is 0 Å². The average Bonchev–Trinajstić information content (AvgIpc) is 2.94. The maximum absolute atomic E-state index is 13.6. The summed E-state index contributed by atoms with van der Waals surface area (Å²) < 4.78 is 49.5. The molecule has 2 aromatic heterocycles. The minimum atomic E-state index is -4.95. The number of fused-ring (bicyclic) bond motifs is 5. The van der Waals surface area contributed by atoms with Crippen LogP contribution in [0.4, 0.5) is 13.2 Å². The van der Waals surface area contributed by atoms with Gasteiger partial charge in [0.2, 0.25) is 0 Å². The standard InChI is InChI=1S/C16H5F3O6/c1-4-2-5-10(15(23)24-12(5)20)11-7(16(17,18)19)3-6-9(8(4)11)14(22)25-13(6)21/h2-3H,1H3. The highest BCUT2D eigenvalue weighted by Crippen LogP contribution is 2.40. The monoisotopic (exact) mass is 350 g/mol. The number of hydrogen-bond donors (Lipinski definition) is 0. The molecule has 0 atom stereocenters. The molecule has 0 aliphatic rings. The van der Waals surface area contributed by atoms with Crippen molar-refractivity contribution in [3.05, 3.63) is 64.9 Å². The first-order valence-corrected chi connectivity index (χ1v) is 6.85. The van der Waals surface area contributed by atoms with E-state index in [0.29, 0.717) is 6.07 Å². The Bertz CT molecular complexity index is 1410. The van der Waals surface area contributed by atoms with Crippen LogP contribution in [0.5, 0.6) is 0 Å². The van der Waals surface area contributed by atoms with Crippen molar-refractivity contribution in [2.75, 3.05) is 0 Å². The third-order valence-electron chi connectivity index (χ3n) is 4.13. The summed E-state index contributed by atoms with van der Waals surface area (Å²) in [5.41, 5.74) is -5.84.